The summed E-state index contributed by atoms with van der Waals surface area (Å²) in [6, 6.07) is 4.91. The van der Waals surface area contributed by atoms with Crippen LogP contribution in [0.15, 0.2) is 40.3 Å². The van der Waals surface area contributed by atoms with Gasteiger partial charge in [0.1, 0.15) is 5.56 Å². The van der Waals surface area contributed by atoms with E-state index in [1.165, 1.54) is 4.57 Å². The zero-order valence-electron chi connectivity index (χ0n) is 17.0. The molecule has 1 fully saturated rings. The van der Waals surface area contributed by atoms with E-state index in [1.54, 1.807) is 47.2 Å². The van der Waals surface area contributed by atoms with Gasteiger partial charge in [-0.3, -0.25) is 19.0 Å². The summed E-state index contributed by atoms with van der Waals surface area (Å²) in [7, 11) is 1.64. The molecule has 1 aliphatic rings. The van der Waals surface area contributed by atoms with E-state index in [-0.39, 0.29) is 28.0 Å². The first-order valence-electron chi connectivity index (χ1n) is 9.68. The minimum Gasteiger partial charge on any atom is -0.338 e. The molecule has 0 saturated carbocycles. The van der Waals surface area contributed by atoms with E-state index < -0.39 is 0 Å². The van der Waals surface area contributed by atoms with Gasteiger partial charge in [0, 0.05) is 44.4 Å². The Balaban J connectivity index is 1.63. The third-order valence-corrected chi connectivity index (χ3v) is 5.36. The molecule has 0 unspecified atom stereocenters. The predicted molar refractivity (Wildman–Crippen MR) is 108 cm³/mol. The Morgan fingerprint density at radius 2 is 1.89 bits per heavy atom. The smallest absolute Gasteiger partial charge is 0.263 e. The van der Waals surface area contributed by atoms with Crippen molar-refractivity contribution in [2.24, 2.45) is 13.0 Å². The molecule has 2 aromatic heterocycles. The molecule has 28 heavy (non-hydrogen) atoms. The Morgan fingerprint density at radius 1 is 1.21 bits per heavy atom. The Labute approximate surface area is 164 Å². The molecule has 2 aromatic rings. The quantitative estimate of drug-likeness (QED) is 0.808. The molecule has 150 valence electrons. The Hall–Kier alpha value is -2.70. The topological polar surface area (TPSA) is 77.2 Å². The van der Waals surface area contributed by atoms with Gasteiger partial charge >= 0.3 is 0 Å². The fourth-order valence-corrected chi connectivity index (χ4v) is 3.50. The minimum absolute atomic E-state index is 0.0359. The number of hydrogen-bond donors (Lipinski definition) is 0. The van der Waals surface area contributed by atoms with E-state index >= 15 is 0 Å². The molecule has 0 N–H and O–H groups in total. The molecule has 0 atom stereocenters. The summed E-state index contributed by atoms with van der Waals surface area (Å²) in [6.07, 6.45) is 4.87. The van der Waals surface area contributed by atoms with Gasteiger partial charge < -0.3 is 9.47 Å². The van der Waals surface area contributed by atoms with E-state index in [1.807, 2.05) is 20.8 Å². The second kappa shape index (κ2) is 7.73. The number of aryl methyl sites for hydroxylation is 1. The third-order valence-electron chi connectivity index (χ3n) is 5.36. The van der Waals surface area contributed by atoms with Crippen LogP contribution in [0.3, 0.4) is 0 Å². The van der Waals surface area contributed by atoms with Crippen LogP contribution < -0.4 is 11.1 Å². The minimum atomic E-state index is -0.272. The molecule has 0 aromatic carbocycles. The number of nitrogens with zero attached hydrogens (tertiary/aromatic N) is 4. The maximum atomic E-state index is 12.7. The first-order chi connectivity index (χ1) is 13.2. The summed E-state index contributed by atoms with van der Waals surface area (Å²) in [6.45, 7) is 7.88. The van der Waals surface area contributed by atoms with Crippen molar-refractivity contribution in [2.75, 3.05) is 13.1 Å². The van der Waals surface area contributed by atoms with Crippen molar-refractivity contribution in [3.8, 4) is 0 Å². The Bertz CT molecular complexity index is 976. The molecule has 1 saturated heterocycles. The molecular weight excluding hydrogens is 356 g/mol. The van der Waals surface area contributed by atoms with Crippen LogP contribution in [0.1, 0.15) is 49.7 Å². The summed E-state index contributed by atoms with van der Waals surface area (Å²) < 4.78 is 3.07. The van der Waals surface area contributed by atoms with Crippen molar-refractivity contribution in [3.05, 3.63) is 62.7 Å². The van der Waals surface area contributed by atoms with E-state index in [0.29, 0.717) is 25.6 Å². The Kier molecular flexibility index (Phi) is 5.54. The highest BCUT2D eigenvalue weighted by Crippen LogP contribution is 2.21. The van der Waals surface area contributed by atoms with Crippen molar-refractivity contribution in [2.45, 2.75) is 45.6 Å². The van der Waals surface area contributed by atoms with Crippen molar-refractivity contribution in [1.82, 2.24) is 19.0 Å². The maximum absolute atomic E-state index is 12.7. The number of hydrogen-bond acceptors (Lipinski definition) is 4. The van der Waals surface area contributed by atoms with Crippen molar-refractivity contribution >= 4 is 5.91 Å². The van der Waals surface area contributed by atoms with Crippen LogP contribution in [0.25, 0.3) is 0 Å². The van der Waals surface area contributed by atoms with Gasteiger partial charge in [-0.25, -0.2) is 4.98 Å². The number of carbonyl (C=O) groups is 1. The molecule has 1 amide bonds. The number of piperidine rings is 1. The van der Waals surface area contributed by atoms with Crippen LogP contribution in [-0.2, 0) is 19.0 Å². The largest absolute Gasteiger partial charge is 0.338 e. The van der Waals surface area contributed by atoms with Crippen LogP contribution in [0.4, 0.5) is 0 Å². The van der Waals surface area contributed by atoms with Gasteiger partial charge in [0.15, 0.2) is 0 Å². The molecule has 0 radical (unpaired) electrons. The molecular formula is C21H28N4O3. The molecule has 1 aliphatic heterocycles. The second-order valence-corrected chi connectivity index (χ2v) is 8.59. The third kappa shape index (κ3) is 4.24. The molecule has 0 bridgehead atoms. The molecule has 3 heterocycles. The summed E-state index contributed by atoms with van der Waals surface area (Å²) in [5, 5.41) is 0. The van der Waals surface area contributed by atoms with Gasteiger partial charge in [0.25, 0.3) is 17.0 Å². The zero-order chi connectivity index (χ0) is 20.5. The van der Waals surface area contributed by atoms with E-state index in [2.05, 4.69) is 4.98 Å². The van der Waals surface area contributed by atoms with Gasteiger partial charge in [-0.1, -0.05) is 20.8 Å². The molecule has 0 aliphatic carbocycles. The average molecular weight is 384 g/mol. The Morgan fingerprint density at radius 3 is 2.50 bits per heavy atom. The molecule has 0 spiro atoms. The molecule has 3 rings (SSSR count). The van der Waals surface area contributed by atoms with Crippen LogP contribution in [0.2, 0.25) is 0 Å². The SMILES string of the molecule is Cn1cccc(C(=O)N2CCC(Cn3cnc(C(C)(C)C)cc3=O)CC2)c1=O. The average Bonchev–Trinajstić information content (AvgIpc) is 2.65. The predicted octanol–water partition coefficient (Wildman–Crippen LogP) is 1.79. The van der Waals surface area contributed by atoms with E-state index in [4.69, 9.17) is 0 Å². The molecule has 7 heteroatoms. The monoisotopic (exact) mass is 384 g/mol. The number of amides is 1. The van der Waals surface area contributed by atoms with Crippen LogP contribution in [-0.4, -0.2) is 38.0 Å². The van der Waals surface area contributed by atoms with Crippen molar-refractivity contribution in [1.29, 1.82) is 0 Å². The summed E-state index contributed by atoms with van der Waals surface area (Å²) in [4.78, 5) is 43.4. The summed E-state index contributed by atoms with van der Waals surface area (Å²) >= 11 is 0. The lowest BCUT2D eigenvalue weighted by Crippen LogP contribution is -2.42. The van der Waals surface area contributed by atoms with Gasteiger partial charge in [-0.05, 0) is 30.9 Å². The standard InChI is InChI=1S/C21H28N4O3/c1-21(2,3)17-12-18(26)25(14-22-17)13-15-7-10-24(11-8-15)20(28)16-6-5-9-23(4)19(16)27/h5-6,9,12,14-15H,7-8,10-11,13H2,1-4H3. The number of pyridine rings is 1. The number of aromatic nitrogens is 3. The molecule has 7 nitrogen and oxygen atoms in total. The fourth-order valence-electron chi connectivity index (χ4n) is 3.50. The van der Waals surface area contributed by atoms with Crippen LogP contribution in [0.5, 0.6) is 0 Å². The van der Waals surface area contributed by atoms with Crippen LogP contribution in [0, 0.1) is 5.92 Å². The highest BCUT2D eigenvalue weighted by Gasteiger charge is 2.26. The van der Waals surface area contributed by atoms with Gasteiger partial charge in [-0.2, -0.15) is 0 Å². The highest BCUT2D eigenvalue weighted by atomic mass is 16.2. The lowest BCUT2D eigenvalue weighted by atomic mass is 9.92. The number of likely N-dealkylation sites (tertiary alicyclic amines) is 1. The second-order valence-electron chi connectivity index (χ2n) is 8.59. The van der Waals surface area contributed by atoms with E-state index in [9.17, 15) is 14.4 Å². The van der Waals surface area contributed by atoms with E-state index in [0.717, 1.165) is 18.5 Å². The highest BCUT2D eigenvalue weighted by molar-refractivity contribution is 5.93. The van der Waals surface area contributed by atoms with Crippen LogP contribution >= 0.6 is 0 Å². The van der Waals surface area contributed by atoms with Gasteiger partial charge in [0.05, 0.1) is 12.0 Å². The summed E-state index contributed by atoms with van der Waals surface area (Å²) in [5.74, 6) is 0.0932. The first-order valence-corrected chi connectivity index (χ1v) is 9.68. The normalized spacial score (nSPS) is 15.6. The van der Waals surface area contributed by atoms with Crippen molar-refractivity contribution in [3.63, 3.8) is 0 Å². The zero-order valence-corrected chi connectivity index (χ0v) is 17.0. The van der Waals surface area contributed by atoms with Crippen molar-refractivity contribution < 1.29 is 4.79 Å². The fraction of sp³-hybridized carbons (Fsp3) is 0.524. The number of rotatable bonds is 3. The number of carbonyl (C=O) groups excluding carboxylic acids is 1. The first kappa shape index (κ1) is 20.0. The lowest BCUT2D eigenvalue weighted by Gasteiger charge is -2.32. The van der Waals surface area contributed by atoms with Gasteiger partial charge in [-0.15, -0.1) is 0 Å². The van der Waals surface area contributed by atoms with Gasteiger partial charge in [0.2, 0.25) is 0 Å². The summed E-state index contributed by atoms with van der Waals surface area (Å²) in [5.41, 5.74) is 0.538. The lowest BCUT2D eigenvalue weighted by molar-refractivity contribution is 0.0680. The maximum Gasteiger partial charge on any atom is 0.263 e.